The molecule has 120 valence electrons. The molecule has 2 heterocycles. The Morgan fingerprint density at radius 3 is 2.70 bits per heavy atom. The predicted octanol–water partition coefficient (Wildman–Crippen LogP) is 5.47. The monoisotopic (exact) mass is 403 g/mol. The highest BCUT2D eigenvalue weighted by atomic mass is 35.5. The van der Waals surface area contributed by atoms with Crippen LogP contribution in [0.2, 0.25) is 14.4 Å². The van der Waals surface area contributed by atoms with E-state index in [1.807, 2.05) is 22.8 Å². The molecule has 0 bridgehead atoms. The lowest BCUT2D eigenvalue weighted by atomic mass is 10.2. The van der Waals surface area contributed by atoms with Crippen LogP contribution in [0.15, 0.2) is 30.6 Å². The molecule has 2 aromatic heterocycles. The zero-order valence-corrected chi connectivity index (χ0v) is 15.8. The SMILES string of the molecule is N=c1c2cc(Cl)sc2ncn1CCSCc1c(Cl)cccc1Cl. The fourth-order valence-electron chi connectivity index (χ4n) is 2.13. The van der Waals surface area contributed by atoms with E-state index in [0.29, 0.717) is 26.4 Å². The number of benzene rings is 1. The standard InChI is InChI=1S/C15H12Cl3N3S2/c16-11-2-1-3-12(17)10(11)7-22-5-4-21-8-20-15-9(14(21)19)6-13(18)23-15/h1-3,6,8,19H,4-5,7H2. The summed E-state index contributed by atoms with van der Waals surface area (Å²) >= 11 is 21.4. The zero-order valence-electron chi connectivity index (χ0n) is 11.9. The van der Waals surface area contributed by atoms with Gasteiger partial charge in [-0.2, -0.15) is 11.8 Å². The number of hydrogen-bond acceptors (Lipinski definition) is 4. The molecular weight excluding hydrogens is 393 g/mol. The van der Waals surface area contributed by atoms with Crippen molar-refractivity contribution in [3.8, 4) is 0 Å². The number of rotatable bonds is 5. The van der Waals surface area contributed by atoms with Gasteiger partial charge < -0.3 is 4.57 Å². The van der Waals surface area contributed by atoms with Crippen molar-refractivity contribution in [3.63, 3.8) is 0 Å². The maximum Gasteiger partial charge on any atom is 0.136 e. The lowest BCUT2D eigenvalue weighted by molar-refractivity contribution is 0.703. The largest absolute Gasteiger partial charge is 0.316 e. The number of nitrogens with one attached hydrogen (secondary N) is 1. The second kappa shape index (κ2) is 7.45. The van der Waals surface area contributed by atoms with E-state index in [-0.39, 0.29) is 0 Å². The Morgan fingerprint density at radius 2 is 1.96 bits per heavy atom. The van der Waals surface area contributed by atoms with Gasteiger partial charge in [-0.05, 0) is 23.8 Å². The number of aromatic nitrogens is 2. The Labute approximate surface area is 156 Å². The minimum atomic E-state index is 0.439. The van der Waals surface area contributed by atoms with E-state index in [4.69, 9.17) is 40.2 Å². The van der Waals surface area contributed by atoms with Crippen LogP contribution in [0.3, 0.4) is 0 Å². The quantitative estimate of drug-likeness (QED) is 0.573. The maximum atomic E-state index is 8.24. The second-order valence-electron chi connectivity index (χ2n) is 4.81. The summed E-state index contributed by atoms with van der Waals surface area (Å²) in [6, 6.07) is 7.33. The van der Waals surface area contributed by atoms with Gasteiger partial charge in [-0.15, -0.1) is 11.3 Å². The minimum absolute atomic E-state index is 0.439. The van der Waals surface area contributed by atoms with E-state index in [0.717, 1.165) is 27.3 Å². The van der Waals surface area contributed by atoms with E-state index in [2.05, 4.69) is 4.98 Å². The van der Waals surface area contributed by atoms with Crippen LogP contribution in [0, 0.1) is 5.41 Å². The Morgan fingerprint density at radius 1 is 1.22 bits per heavy atom. The van der Waals surface area contributed by atoms with Crippen molar-refractivity contribution in [2.24, 2.45) is 0 Å². The van der Waals surface area contributed by atoms with E-state index in [1.54, 1.807) is 24.2 Å². The predicted molar refractivity (Wildman–Crippen MR) is 101 cm³/mol. The van der Waals surface area contributed by atoms with Gasteiger partial charge in [0.2, 0.25) is 0 Å². The molecule has 8 heteroatoms. The van der Waals surface area contributed by atoms with Crippen LogP contribution in [-0.4, -0.2) is 15.3 Å². The molecule has 0 spiro atoms. The highest BCUT2D eigenvalue weighted by Crippen LogP contribution is 2.28. The molecule has 0 fully saturated rings. The van der Waals surface area contributed by atoms with Crippen LogP contribution >= 0.6 is 57.9 Å². The smallest absolute Gasteiger partial charge is 0.136 e. The number of hydrogen-bond donors (Lipinski definition) is 1. The normalized spacial score (nSPS) is 11.3. The number of thioether (sulfide) groups is 1. The molecule has 3 nitrogen and oxygen atoms in total. The van der Waals surface area contributed by atoms with Gasteiger partial charge in [0.15, 0.2) is 0 Å². The molecule has 0 atom stereocenters. The molecule has 3 rings (SSSR count). The third kappa shape index (κ3) is 3.86. The summed E-state index contributed by atoms with van der Waals surface area (Å²) in [5, 5.41) is 10.4. The molecule has 0 aliphatic heterocycles. The lowest BCUT2D eigenvalue weighted by Crippen LogP contribution is -2.21. The second-order valence-corrected chi connectivity index (χ2v) is 8.39. The average molecular weight is 405 g/mol. The van der Waals surface area contributed by atoms with Crippen molar-refractivity contribution in [1.29, 1.82) is 5.41 Å². The number of thiophene rings is 1. The summed E-state index contributed by atoms with van der Waals surface area (Å²) in [6.07, 6.45) is 1.69. The van der Waals surface area contributed by atoms with Crippen LogP contribution in [0.5, 0.6) is 0 Å². The van der Waals surface area contributed by atoms with Crippen molar-refractivity contribution < 1.29 is 0 Å². The van der Waals surface area contributed by atoms with Crippen molar-refractivity contribution in [3.05, 3.63) is 56.0 Å². The highest BCUT2D eigenvalue weighted by Gasteiger charge is 2.07. The van der Waals surface area contributed by atoms with Crippen molar-refractivity contribution in [2.45, 2.75) is 12.3 Å². The fourth-order valence-corrected chi connectivity index (χ4v) is 4.86. The first-order valence-electron chi connectivity index (χ1n) is 6.76. The molecule has 0 amide bonds. The zero-order chi connectivity index (χ0) is 16.4. The Hall–Kier alpha value is -0.720. The first-order chi connectivity index (χ1) is 11.1. The minimum Gasteiger partial charge on any atom is -0.316 e. The van der Waals surface area contributed by atoms with Gasteiger partial charge >= 0.3 is 0 Å². The van der Waals surface area contributed by atoms with E-state index >= 15 is 0 Å². The van der Waals surface area contributed by atoms with Crippen LogP contribution in [-0.2, 0) is 12.3 Å². The molecule has 0 saturated carbocycles. The van der Waals surface area contributed by atoms with Crippen LogP contribution < -0.4 is 5.49 Å². The highest BCUT2D eigenvalue weighted by molar-refractivity contribution is 7.98. The van der Waals surface area contributed by atoms with E-state index in [9.17, 15) is 0 Å². The van der Waals surface area contributed by atoms with E-state index < -0.39 is 0 Å². The number of fused-ring (bicyclic) bond motifs is 1. The van der Waals surface area contributed by atoms with E-state index in [1.165, 1.54) is 11.3 Å². The fraction of sp³-hybridized carbons (Fsp3) is 0.200. The van der Waals surface area contributed by atoms with Crippen molar-refractivity contribution in [2.75, 3.05) is 5.75 Å². The van der Waals surface area contributed by atoms with Gasteiger partial charge in [-0.1, -0.05) is 40.9 Å². The van der Waals surface area contributed by atoms with Crippen LogP contribution in [0.4, 0.5) is 0 Å². The first-order valence-corrected chi connectivity index (χ1v) is 9.86. The van der Waals surface area contributed by atoms with Gasteiger partial charge in [-0.3, -0.25) is 5.41 Å². The van der Waals surface area contributed by atoms with Crippen molar-refractivity contribution in [1.82, 2.24) is 9.55 Å². The summed E-state index contributed by atoms with van der Waals surface area (Å²) in [5.74, 6) is 1.58. The Balaban J connectivity index is 1.65. The summed E-state index contributed by atoms with van der Waals surface area (Å²) in [6.45, 7) is 0.696. The molecule has 1 aromatic carbocycles. The van der Waals surface area contributed by atoms with Gasteiger partial charge in [-0.25, -0.2) is 4.98 Å². The third-order valence-electron chi connectivity index (χ3n) is 3.32. The lowest BCUT2D eigenvalue weighted by Gasteiger charge is -2.08. The topological polar surface area (TPSA) is 41.7 Å². The number of nitrogens with zero attached hydrogens (tertiary/aromatic N) is 2. The molecule has 0 radical (unpaired) electrons. The molecule has 1 N–H and O–H groups in total. The molecular formula is C15H12Cl3N3S2. The van der Waals surface area contributed by atoms with Gasteiger partial charge in [0.25, 0.3) is 0 Å². The summed E-state index contributed by atoms with van der Waals surface area (Å²) in [7, 11) is 0. The van der Waals surface area contributed by atoms with Gasteiger partial charge in [0.05, 0.1) is 16.0 Å². The summed E-state index contributed by atoms with van der Waals surface area (Å²) in [4.78, 5) is 5.15. The first kappa shape index (κ1) is 17.1. The van der Waals surface area contributed by atoms with Crippen LogP contribution in [0.25, 0.3) is 10.2 Å². The molecule has 0 aliphatic carbocycles. The molecule has 3 aromatic rings. The average Bonchev–Trinajstić information content (AvgIpc) is 2.89. The Bertz CT molecular complexity index is 884. The van der Waals surface area contributed by atoms with Crippen LogP contribution in [0.1, 0.15) is 5.56 Å². The molecule has 0 unspecified atom stereocenters. The summed E-state index contributed by atoms with van der Waals surface area (Å²) in [5.41, 5.74) is 1.39. The van der Waals surface area contributed by atoms with Crippen molar-refractivity contribution >= 4 is 68.1 Å². The maximum absolute atomic E-state index is 8.24. The molecule has 23 heavy (non-hydrogen) atoms. The Kier molecular flexibility index (Phi) is 5.54. The van der Waals surface area contributed by atoms with Gasteiger partial charge in [0.1, 0.15) is 10.3 Å². The number of aryl methyl sites for hydroxylation is 1. The number of halogens is 3. The third-order valence-corrected chi connectivity index (χ3v) is 6.17. The molecule has 0 aliphatic rings. The summed E-state index contributed by atoms with van der Waals surface area (Å²) < 4.78 is 2.48. The van der Waals surface area contributed by atoms with Gasteiger partial charge in [0, 0.05) is 28.1 Å². The molecule has 0 saturated heterocycles.